The highest BCUT2D eigenvalue weighted by Gasteiger charge is 2.11. The zero-order valence-corrected chi connectivity index (χ0v) is 12.2. The first-order valence-electron chi connectivity index (χ1n) is 6.29. The molecule has 0 atom stereocenters. The molecule has 0 aliphatic carbocycles. The van der Waals surface area contributed by atoms with Crippen LogP contribution in [-0.2, 0) is 6.54 Å². The molecule has 3 nitrogen and oxygen atoms in total. The van der Waals surface area contributed by atoms with Gasteiger partial charge in [-0.3, -0.25) is 0 Å². The molecule has 3 rings (SSSR count). The lowest BCUT2D eigenvalue weighted by Gasteiger charge is -2.19. The number of halogens is 2. The number of nitrogens with one attached hydrogen (secondary N) is 1. The summed E-state index contributed by atoms with van der Waals surface area (Å²) < 4.78 is 11.0. The second-order valence-corrected chi connectivity index (χ2v) is 5.36. The average molecular weight is 310 g/mol. The van der Waals surface area contributed by atoms with Crippen LogP contribution in [0.3, 0.4) is 0 Å². The molecule has 0 amide bonds. The Balaban J connectivity index is 1.71. The fraction of sp³-hybridized carbons (Fsp3) is 0.200. The van der Waals surface area contributed by atoms with Crippen LogP contribution in [0.1, 0.15) is 5.56 Å². The van der Waals surface area contributed by atoms with Gasteiger partial charge in [-0.2, -0.15) is 0 Å². The van der Waals surface area contributed by atoms with Gasteiger partial charge in [0.05, 0.1) is 0 Å². The minimum Gasteiger partial charge on any atom is -0.486 e. The van der Waals surface area contributed by atoms with Crippen molar-refractivity contribution >= 4 is 28.9 Å². The van der Waals surface area contributed by atoms with E-state index in [1.54, 1.807) is 6.07 Å². The van der Waals surface area contributed by atoms with Crippen LogP contribution in [0.25, 0.3) is 0 Å². The quantitative estimate of drug-likeness (QED) is 0.913. The highest BCUT2D eigenvalue weighted by Crippen LogP contribution is 2.32. The summed E-state index contributed by atoms with van der Waals surface area (Å²) in [4.78, 5) is 0. The van der Waals surface area contributed by atoms with Crippen molar-refractivity contribution in [3.8, 4) is 11.5 Å². The molecule has 20 heavy (non-hydrogen) atoms. The van der Waals surface area contributed by atoms with Crippen LogP contribution in [0.5, 0.6) is 11.5 Å². The van der Waals surface area contributed by atoms with E-state index >= 15 is 0 Å². The number of ether oxygens (including phenoxy) is 2. The van der Waals surface area contributed by atoms with Crippen molar-refractivity contribution in [3.05, 3.63) is 52.0 Å². The first-order chi connectivity index (χ1) is 9.70. The van der Waals surface area contributed by atoms with Crippen LogP contribution in [0.4, 0.5) is 5.69 Å². The number of rotatable bonds is 3. The molecule has 1 heterocycles. The van der Waals surface area contributed by atoms with Crippen LogP contribution in [0, 0.1) is 0 Å². The Kier molecular flexibility index (Phi) is 3.90. The normalized spacial score (nSPS) is 13.1. The maximum Gasteiger partial charge on any atom is 0.163 e. The van der Waals surface area contributed by atoms with E-state index < -0.39 is 0 Å². The molecule has 1 aliphatic rings. The van der Waals surface area contributed by atoms with Crippen molar-refractivity contribution in [3.63, 3.8) is 0 Å². The molecule has 0 saturated heterocycles. The minimum absolute atomic E-state index is 0.584. The molecular formula is C15H13Cl2NO2. The van der Waals surface area contributed by atoms with Gasteiger partial charge >= 0.3 is 0 Å². The Morgan fingerprint density at radius 1 is 0.900 bits per heavy atom. The highest BCUT2D eigenvalue weighted by molar-refractivity contribution is 6.34. The van der Waals surface area contributed by atoms with E-state index in [1.165, 1.54) is 0 Å². The van der Waals surface area contributed by atoms with E-state index in [9.17, 15) is 0 Å². The third kappa shape index (κ3) is 3.11. The predicted octanol–water partition coefficient (Wildman–Crippen LogP) is 4.38. The van der Waals surface area contributed by atoms with E-state index in [1.807, 2.05) is 30.3 Å². The average Bonchev–Trinajstić information content (AvgIpc) is 2.44. The summed E-state index contributed by atoms with van der Waals surface area (Å²) in [5.74, 6) is 1.55. The highest BCUT2D eigenvalue weighted by atomic mass is 35.5. The minimum atomic E-state index is 0.584. The van der Waals surface area contributed by atoms with Gasteiger partial charge in [-0.05, 0) is 35.9 Å². The van der Waals surface area contributed by atoms with Crippen LogP contribution < -0.4 is 14.8 Å². The predicted molar refractivity (Wildman–Crippen MR) is 81.2 cm³/mol. The molecule has 0 bridgehead atoms. The van der Waals surface area contributed by atoms with Crippen LogP contribution >= 0.6 is 23.2 Å². The van der Waals surface area contributed by atoms with Gasteiger partial charge < -0.3 is 14.8 Å². The van der Waals surface area contributed by atoms with Gasteiger partial charge in [-0.1, -0.05) is 23.2 Å². The molecule has 104 valence electrons. The fourth-order valence-corrected chi connectivity index (χ4v) is 2.64. The third-order valence-corrected chi connectivity index (χ3v) is 3.40. The lowest BCUT2D eigenvalue weighted by atomic mass is 10.2. The van der Waals surface area contributed by atoms with Crippen LogP contribution in [0.15, 0.2) is 36.4 Å². The summed E-state index contributed by atoms with van der Waals surface area (Å²) >= 11 is 12.0. The van der Waals surface area contributed by atoms with E-state index in [-0.39, 0.29) is 0 Å². The number of hydrogen-bond donors (Lipinski definition) is 1. The van der Waals surface area contributed by atoms with Crippen molar-refractivity contribution in [1.82, 2.24) is 0 Å². The van der Waals surface area contributed by atoms with Gasteiger partial charge in [0.2, 0.25) is 0 Å². The van der Waals surface area contributed by atoms with Crippen molar-refractivity contribution in [2.75, 3.05) is 18.5 Å². The van der Waals surface area contributed by atoms with Crippen molar-refractivity contribution < 1.29 is 9.47 Å². The van der Waals surface area contributed by atoms with E-state index in [4.69, 9.17) is 32.7 Å². The fourth-order valence-electron chi connectivity index (χ4n) is 2.07. The topological polar surface area (TPSA) is 30.5 Å². The molecule has 1 N–H and O–H groups in total. The number of hydrogen-bond acceptors (Lipinski definition) is 3. The zero-order valence-electron chi connectivity index (χ0n) is 10.7. The van der Waals surface area contributed by atoms with E-state index in [0.29, 0.717) is 29.8 Å². The second-order valence-electron chi connectivity index (χ2n) is 4.49. The Hall–Kier alpha value is -1.58. The van der Waals surface area contributed by atoms with Crippen molar-refractivity contribution in [2.24, 2.45) is 0 Å². The molecule has 0 saturated carbocycles. The van der Waals surface area contributed by atoms with Crippen molar-refractivity contribution in [1.29, 1.82) is 0 Å². The summed E-state index contributed by atoms with van der Waals surface area (Å²) in [6.07, 6.45) is 0. The molecule has 0 aromatic heterocycles. The third-order valence-electron chi connectivity index (χ3n) is 2.96. The largest absolute Gasteiger partial charge is 0.486 e. The maximum atomic E-state index is 5.98. The van der Waals surface area contributed by atoms with E-state index in [2.05, 4.69) is 5.32 Å². The Labute approximate surface area is 127 Å². The SMILES string of the molecule is Clc1cc(Cl)cc(CNc2ccc3c(c2)OCCO3)c1. The van der Waals surface area contributed by atoms with Gasteiger partial charge in [0.1, 0.15) is 13.2 Å². The Morgan fingerprint density at radius 3 is 2.35 bits per heavy atom. The first kappa shape index (κ1) is 13.4. The summed E-state index contributed by atoms with van der Waals surface area (Å²) in [5, 5.41) is 4.58. The summed E-state index contributed by atoms with van der Waals surface area (Å²) in [6.45, 7) is 1.82. The first-order valence-corrected chi connectivity index (χ1v) is 7.05. The molecule has 5 heteroatoms. The molecular weight excluding hydrogens is 297 g/mol. The number of anilines is 1. The van der Waals surface area contributed by atoms with Gasteiger partial charge in [-0.15, -0.1) is 0 Å². The monoisotopic (exact) mass is 309 g/mol. The van der Waals surface area contributed by atoms with Crippen molar-refractivity contribution in [2.45, 2.75) is 6.54 Å². The number of fused-ring (bicyclic) bond motifs is 1. The lowest BCUT2D eigenvalue weighted by molar-refractivity contribution is 0.171. The molecule has 2 aromatic carbocycles. The van der Waals surface area contributed by atoms with Crippen LogP contribution in [0.2, 0.25) is 10.0 Å². The molecule has 1 aliphatic heterocycles. The molecule has 0 fully saturated rings. The smallest absolute Gasteiger partial charge is 0.163 e. The summed E-state index contributed by atoms with van der Waals surface area (Å²) in [5.41, 5.74) is 1.99. The van der Waals surface area contributed by atoms with Gasteiger partial charge in [-0.25, -0.2) is 0 Å². The Bertz CT molecular complexity index is 611. The summed E-state index contributed by atoms with van der Waals surface area (Å²) in [6, 6.07) is 11.3. The van der Waals surface area contributed by atoms with E-state index in [0.717, 1.165) is 22.7 Å². The molecule has 0 radical (unpaired) electrons. The standard InChI is InChI=1S/C15H13Cl2NO2/c16-11-5-10(6-12(17)7-11)9-18-13-1-2-14-15(8-13)20-4-3-19-14/h1-2,5-8,18H,3-4,9H2. The second kappa shape index (κ2) is 5.81. The number of benzene rings is 2. The Morgan fingerprint density at radius 2 is 1.60 bits per heavy atom. The molecule has 0 unspecified atom stereocenters. The molecule has 0 spiro atoms. The van der Waals surface area contributed by atoms with Gasteiger partial charge in [0.15, 0.2) is 11.5 Å². The lowest BCUT2D eigenvalue weighted by Crippen LogP contribution is -2.15. The molecule has 2 aromatic rings. The van der Waals surface area contributed by atoms with Gasteiger partial charge in [0.25, 0.3) is 0 Å². The maximum absolute atomic E-state index is 5.98. The van der Waals surface area contributed by atoms with Gasteiger partial charge in [0, 0.05) is 28.3 Å². The zero-order chi connectivity index (χ0) is 13.9. The summed E-state index contributed by atoms with van der Waals surface area (Å²) in [7, 11) is 0. The van der Waals surface area contributed by atoms with Crippen LogP contribution in [-0.4, -0.2) is 13.2 Å².